The molecule has 8 nitrogen and oxygen atoms in total. The van der Waals surface area contributed by atoms with Crippen molar-refractivity contribution in [2.24, 2.45) is 0 Å². The molecule has 11 heteroatoms. The summed E-state index contributed by atoms with van der Waals surface area (Å²) in [6.45, 7) is -0.0250. The first kappa shape index (κ1) is 31.4. The summed E-state index contributed by atoms with van der Waals surface area (Å²) in [5.74, 6) is -2.41. The molecule has 2 amide bonds. The second-order valence-electron chi connectivity index (χ2n) is 11.3. The number of halogens is 3. The number of amides is 2. The molecular formula is C36H31F3N4O4. The highest BCUT2D eigenvalue weighted by Gasteiger charge is 2.35. The van der Waals surface area contributed by atoms with Crippen LogP contribution in [0.5, 0.6) is 5.75 Å². The Morgan fingerprint density at radius 1 is 0.872 bits per heavy atom. The number of nitrogens with one attached hydrogen (secondary N) is 1. The zero-order valence-electron chi connectivity index (χ0n) is 25.2. The molecule has 0 aliphatic carbocycles. The molecule has 1 aliphatic rings. The summed E-state index contributed by atoms with van der Waals surface area (Å²) in [4.78, 5) is 30.6. The van der Waals surface area contributed by atoms with Gasteiger partial charge in [0, 0.05) is 37.1 Å². The molecule has 1 aliphatic heterocycles. The molecule has 1 fully saturated rings. The van der Waals surface area contributed by atoms with Crippen molar-refractivity contribution in [2.45, 2.75) is 25.3 Å². The standard InChI is InChI=1S/C36H31F3N4O4/c37-28-8-5-24(6-9-28)32-18-26(23-1-3-25(4-2-23)35(45)43-15-13-36(38,39)14-16-43)7-11-31(32)27-17-30(46-21-27)20-42-34(44)22-47-29-10-12-33(40)41-19-29/h1-12,17-19,21H,13-16,20,22H2,(H2,40,41)(H,42,44). The van der Waals surface area contributed by atoms with Crippen LogP contribution in [0.2, 0.25) is 0 Å². The van der Waals surface area contributed by atoms with Gasteiger partial charge in [0.1, 0.15) is 23.1 Å². The smallest absolute Gasteiger partial charge is 0.258 e. The molecule has 0 saturated carbocycles. The average Bonchev–Trinajstić information content (AvgIpc) is 3.56. The first-order valence-electron chi connectivity index (χ1n) is 15.0. The summed E-state index contributed by atoms with van der Waals surface area (Å²) in [5.41, 5.74) is 10.9. The SMILES string of the molecule is Nc1ccc(OCC(=O)NCc2cc(-c3ccc(-c4ccc(C(=O)N5CCC(F)(F)CC5)cc4)cc3-c3ccc(F)cc3)co2)cn1. The maximum atomic E-state index is 13.8. The first-order valence-corrected chi connectivity index (χ1v) is 15.0. The molecule has 3 aromatic carbocycles. The van der Waals surface area contributed by atoms with E-state index in [2.05, 4.69) is 10.3 Å². The van der Waals surface area contributed by atoms with Crippen LogP contribution in [0.3, 0.4) is 0 Å². The summed E-state index contributed by atoms with van der Waals surface area (Å²) in [6, 6.07) is 24.1. The quantitative estimate of drug-likeness (QED) is 0.180. The average molecular weight is 641 g/mol. The van der Waals surface area contributed by atoms with Gasteiger partial charge in [0.05, 0.1) is 19.0 Å². The van der Waals surface area contributed by atoms with Crippen LogP contribution in [0.15, 0.2) is 102 Å². The van der Waals surface area contributed by atoms with Crippen molar-refractivity contribution in [3.05, 3.63) is 115 Å². The zero-order valence-corrected chi connectivity index (χ0v) is 25.2. The number of hydrogen-bond donors (Lipinski definition) is 2. The lowest BCUT2D eigenvalue weighted by Crippen LogP contribution is -2.42. The van der Waals surface area contributed by atoms with E-state index in [1.807, 2.05) is 36.4 Å². The van der Waals surface area contributed by atoms with Gasteiger partial charge < -0.3 is 25.1 Å². The number of nitrogens with two attached hydrogens (primary N) is 1. The van der Waals surface area contributed by atoms with Crippen molar-refractivity contribution in [1.29, 1.82) is 0 Å². The lowest BCUT2D eigenvalue weighted by molar-refractivity contribution is -0.123. The highest BCUT2D eigenvalue weighted by Crippen LogP contribution is 2.37. The molecule has 0 bridgehead atoms. The van der Waals surface area contributed by atoms with Gasteiger partial charge in [0.2, 0.25) is 0 Å². The second-order valence-corrected chi connectivity index (χ2v) is 11.3. The number of pyridine rings is 1. The fraction of sp³-hybridized carbons (Fsp3) is 0.194. The topological polar surface area (TPSA) is 111 Å². The molecular weight excluding hydrogens is 609 g/mol. The number of furan rings is 1. The summed E-state index contributed by atoms with van der Waals surface area (Å²) < 4.78 is 52.1. The number of likely N-dealkylation sites (tertiary alicyclic amines) is 1. The summed E-state index contributed by atoms with van der Waals surface area (Å²) in [6.07, 6.45) is 2.36. The number of hydrogen-bond acceptors (Lipinski definition) is 6. The normalized spacial score (nSPS) is 14.1. The van der Waals surface area contributed by atoms with E-state index in [4.69, 9.17) is 14.9 Å². The van der Waals surface area contributed by atoms with Crippen molar-refractivity contribution in [3.8, 4) is 39.1 Å². The number of piperidine rings is 1. The van der Waals surface area contributed by atoms with Crippen LogP contribution < -0.4 is 15.8 Å². The zero-order chi connectivity index (χ0) is 33.0. The van der Waals surface area contributed by atoms with Gasteiger partial charge >= 0.3 is 0 Å². The van der Waals surface area contributed by atoms with Crippen LogP contribution >= 0.6 is 0 Å². The Hall–Kier alpha value is -5.58. The van der Waals surface area contributed by atoms with E-state index in [0.717, 1.165) is 33.4 Å². The van der Waals surface area contributed by atoms with Crippen LogP contribution in [0.4, 0.5) is 19.0 Å². The van der Waals surface area contributed by atoms with Gasteiger partial charge in [0.15, 0.2) is 6.61 Å². The summed E-state index contributed by atoms with van der Waals surface area (Å²) in [7, 11) is 0. The maximum absolute atomic E-state index is 13.8. The second kappa shape index (κ2) is 13.4. The Balaban J connectivity index is 1.18. The van der Waals surface area contributed by atoms with E-state index in [0.29, 0.717) is 22.9 Å². The van der Waals surface area contributed by atoms with Crippen molar-refractivity contribution in [3.63, 3.8) is 0 Å². The monoisotopic (exact) mass is 640 g/mol. The predicted octanol–water partition coefficient (Wildman–Crippen LogP) is 6.96. The molecule has 3 N–H and O–H groups in total. The molecule has 1 saturated heterocycles. The van der Waals surface area contributed by atoms with E-state index in [-0.39, 0.29) is 56.7 Å². The van der Waals surface area contributed by atoms with E-state index in [9.17, 15) is 22.8 Å². The van der Waals surface area contributed by atoms with Crippen LogP contribution in [0, 0.1) is 5.82 Å². The van der Waals surface area contributed by atoms with Crippen molar-refractivity contribution in [1.82, 2.24) is 15.2 Å². The molecule has 0 atom stereocenters. The number of aromatic nitrogens is 1. The molecule has 0 unspecified atom stereocenters. The Labute approximate surface area is 269 Å². The number of anilines is 1. The molecule has 6 rings (SSSR count). The minimum absolute atomic E-state index is 0.0228. The lowest BCUT2D eigenvalue weighted by Gasteiger charge is -2.31. The van der Waals surface area contributed by atoms with Gasteiger partial charge in [-0.25, -0.2) is 18.2 Å². The Kier molecular flexibility index (Phi) is 8.97. The maximum Gasteiger partial charge on any atom is 0.258 e. The third-order valence-corrected chi connectivity index (χ3v) is 7.98. The molecule has 2 aromatic heterocycles. The molecule has 0 radical (unpaired) electrons. The first-order chi connectivity index (χ1) is 22.6. The third-order valence-electron chi connectivity index (χ3n) is 7.98. The molecule has 47 heavy (non-hydrogen) atoms. The molecule has 5 aromatic rings. The van der Waals surface area contributed by atoms with Crippen molar-refractivity contribution < 1.29 is 31.9 Å². The van der Waals surface area contributed by atoms with Crippen molar-refractivity contribution in [2.75, 3.05) is 25.4 Å². The van der Waals surface area contributed by atoms with Crippen molar-refractivity contribution >= 4 is 17.6 Å². The van der Waals surface area contributed by atoms with Crippen LogP contribution in [0.1, 0.15) is 29.0 Å². The van der Waals surface area contributed by atoms with Gasteiger partial charge in [-0.15, -0.1) is 0 Å². The van der Waals surface area contributed by atoms with E-state index in [1.165, 1.54) is 23.2 Å². The molecule has 0 spiro atoms. The van der Waals surface area contributed by atoms with Crippen LogP contribution in [-0.2, 0) is 11.3 Å². The number of rotatable bonds is 9. The number of ether oxygens (including phenoxy) is 1. The van der Waals surface area contributed by atoms with Gasteiger partial charge in [-0.3, -0.25) is 9.59 Å². The number of nitrogen functional groups attached to an aromatic ring is 1. The van der Waals surface area contributed by atoms with Gasteiger partial charge in [-0.2, -0.15) is 0 Å². The Bertz CT molecular complexity index is 1860. The molecule has 3 heterocycles. The van der Waals surface area contributed by atoms with Gasteiger partial charge in [-0.05, 0) is 76.3 Å². The fourth-order valence-electron chi connectivity index (χ4n) is 5.35. The van der Waals surface area contributed by atoms with Crippen LogP contribution in [-0.4, -0.2) is 47.3 Å². The minimum atomic E-state index is -2.73. The van der Waals surface area contributed by atoms with E-state index < -0.39 is 5.92 Å². The predicted molar refractivity (Wildman–Crippen MR) is 171 cm³/mol. The largest absolute Gasteiger partial charge is 0.482 e. The number of carbonyl (C=O) groups excluding carboxylic acids is 2. The summed E-state index contributed by atoms with van der Waals surface area (Å²) >= 11 is 0. The number of nitrogens with zero attached hydrogens (tertiary/aromatic N) is 2. The number of carbonyl (C=O) groups is 2. The third kappa shape index (κ3) is 7.63. The summed E-state index contributed by atoms with van der Waals surface area (Å²) in [5, 5.41) is 2.76. The number of alkyl halides is 2. The fourth-order valence-corrected chi connectivity index (χ4v) is 5.35. The Morgan fingerprint density at radius 3 is 2.28 bits per heavy atom. The lowest BCUT2D eigenvalue weighted by atomic mass is 9.91. The van der Waals surface area contributed by atoms with E-state index >= 15 is 0 Å². The minimum Gasteiger partial charge on any atom is -0.482 e. The van der Waals surface area contributed by atoms with Gasteiger partial charge in [-0.1, -0.05) is 36.4 Å². The Morgan fingerprint density at radius 2 is 1.57 bits per heavy atom. The van der Waals surface area contributed by atoms with Gasteiger partial charge in [0.25, 0.3) is 17.7 Å². The van der Waals surface area contributed by atoms with Crippen LogP contribution in [0.25, 0.3) is 33.4 Å². The molecule has 240 valence electrons. The number of benzene rings is 3. The highest BCUT2D eigenvalue weighted by molar-refractivity contribution is 5.95. The highest BCUT2D eigenvalue weighted by atomic mass is 19.3. The van der Waals surface area contributed by atoms with E-state index in [1.54, 1.807) is 42.7 Å².